The van der Waals surface area contributed by atoms with E-state index in [1.54, 1.807) is 12.1 Å². The molecule has 0 saturated carbocycles. The molecule has 1 atom stereocenters. The van der Waals surface area contributed by atoms with Crippen molar-refractivity contribution in [1.29, 1.82) is 0 Å². The van der Waals surface area contributed by atoms with E-state index in [4.69, 9.17) is 4.74 Å². The first-order chi connectivity index (χ1) is 9.08. The molecule has 1 aromatic carbocycles. The van der Waals surface area contributed by atoms with Crippen LogP contribution >= 0.6 is 0 Å². The highest BCUT2D eigenvalue weighted by Gasteiger charge is 2.13. The molecule has 1 rings (SSSR count). The molecular formula is C17H27FO. The van der Waals surface area contributed by atoms with Gasteiger partial charge in [0.1, 0.15) is 0 Å². The SMILES string of the molecule is CCCCC(CCC)Oc1ccc(C(C)C)cc1F. The molecule has 0 bridgehead atoms. The van der Waals surface area contributed by atoms with Crippen molar-refractivity contribution in [2.75, 3.05) is 0 Å². The number of halogens is 1. The van der Waals surface area contributed by atoms with Crippen molar-refractivity contribution in [3.05, 3.63) is 29.6 Å². The number of benzene rings is 1. The summed E-state index contributed by atoms with van der Waals surface area (Å²) in [7, 11) is 0. The van der Waals surface area contributed by atoms with Crippen LogP contribution in [0.1, 0.15) is 71.3 Å². The summed E-state index contributed by atoms with van der Waals surface area (Å²) in [5.74, 6) is 0.512. The van der Waals surface area contributed by atoms with Crippen LogP contribution in [-0.2, 0) is 0 Å². The van der Waals surface area contributed by atoms with Gasteiger partial charge < -0.3 is 4.74 Å². The number of hydrogen-bond acceptors (Lipinski definition) is 1. The summed E-state index contributed by atoms with van der Waals surface area (Å²) in [4.78, 5) is 0. The largest absolute Gasteiger partial charge is 0.487 e. The summed E-state index contributed by atoms with van der Waals surface area (Å²) < 4.78 is 19.9. The Morgan fingerprint density at radius 1 is 1.11 bits per heavy atom. The molecule has 0 spiro atoms. The van der Waals surface area contributed by atoms with Crippen LogP contribution in [0.25, 0.3) is 0 Å². The van der Waals surface area contributed by atoms with Crippen molar-refractivity contribution in [2.24, 2.45) is 0 Å². The number of ether oxygens (including phenoxy) is 1. The number of hydrogen-bond donors (Lipinski definition) is 0. The molecule has 2 heteroatoms. The van der Waals surface area contributed by atoms with Gasteiger partial charge in [0, 0.05) is 0 Å². The van der Waals surface area contributed by atoms with Crippen LogP contribution in [0.2, 0.25) is 0 Å². The highest BCUT2D eigenvalue weighted by Crippen LogP contribution is 2.25. The maximum Gasteiger partial charge on any atom is 0.165 e. The normalized spacial score (nSPS) is 12.7. The molecular weight excluding hydrogens is 239 g/mol. The van der Waals surface area contributed by atoms with E-state index in [-0.39, 0.29) is 11.9 Å². The summed E-state index contributed by atoms with van der Waals surface area (Å²) >= 11 is 0. The average molecular weight is 266 g/mol. The van der Waals surface area contributed by atoms with Gasteiger partial charge in [-0.05, 0) is 36.5 Å². The predicted octanol–water partition coefficient (Wildman–Crippen LogP) is 5.69. The van der Waals surface area contributed by atoms with Crippen molar-refractivity contribution in [1.82, 2.24) is 0 Å². The second-order valence-electron chi connectivity index (χ2n) is 5.52. The molecule has 0 amide bonds. The minimum absolute atomic E-state index is 0.143. The van der Waals surface area contributed by atoms with E-state index in [0.29, 0.717) is 11.7 Å². The molecule has 0 saturated heterocycles. The summed E-state index contributed by atoms with van der Waals surface area (Å²) in [5.41, 5.74) is 1.02. The molecule has 0 fully saturated rings. The van der Waals surface area contributed by atoms with Crippen LogP contribution in [0, 0.1) is 5.82 Å². The van der Waals surface area contributed by atoms with Gasteiger partial charge in [-0.3, -0.25) is 0 Å². The molecule has 0 radical (unpaired) electrons. The third-order valence-electron chi connectivity index (χ3n) is 3.41. The topological polar surface area (TPSA) is 9.23 Å². The van der Waals surface area contributed by atoms with Crippen LogP contribution in [0.3, 0.4) is 0 Å². The Morgan fingerprint density at radius 3 is 2.37 bits per heavy atom. The van der Waals surface area contributed by atoms with Crippen LogP contribution in [0.5, 0.6) is 5.75 Å². The Kier molecular flexibility index (Phi) is 6.90. The molecule has 0 aliphatic carbocycles. The Bertz CT molecular complexity index is 374. The minimum Gasteiger partial charge on any atom is -0.487 e. The van der Waals surface area contributed by atoms with Gasteiger partial charge in [0.2, 0.25) is 0 Å². The molecule has 0 aromatic heterocycles. The Balaban J connectivity index is 2.72. The zero-order chi connectivity index (χ0) is 14.3. The van der Waals surface area contributed by atoms with Crippen LogP contribution in [0.15, 0.2) is 18.2 Å². The molecule has 0 aliphatic rings. The van der Waals surface area contributed by atoms with Crippen LogP contribution in [0.4, 0.5) is 4.39 Å². The molecule has 1 nitrogen and oxygen atoms in total. The zero-order valence-corrected chi connectivity index (χ0v) is 12.7. The molecule has 0 heterocycles. The first kappa shape index (κ1) is 16.0. The summed E-state index contributed by atoms with van der Waals surface area (Å²) in [6.45, 7) is 8.44. The van der Waals surface area contributed by atoms with Crippen molar-refractivity contribution in [2.45, 2.75) is 71.8 Å². The molecule has 1 unspecified atom stereocenters. The lowest BCUT2D eigenvalue weighted by molar-refractivity contribution is 0.169. The van der Waals surface area contributed by atoms with E-state index >= 15 is 0 Å². The first-order valence-corrected chi connectivity index (χ1v) is 7.54. The Labute approximate surface area is 117 Å². The van der Waals surface area contributed by atoms with Gasteiger partial charge in [-0.1, -0.05) is 53.0 Å². The Hall–Kier alpha value is -1.05. The second kappa shape index (κ2) is 8.19. The number of unbranched alkanes of at least 4 members (excludes halogenated alkanes) is 1. The first-order valence-electron chi connectivity index (χ1n) is 7.54. The molecule has 1 aromatic rings. The Morgan fingerprint density at radius 2 is 1.84 bits per heavy atom. The average Bonchev–Trinajstić information content (AvgIpc) is 2.38. The predicted molar refractivity (Wildman–Crippen MR) is 79.3 cm³/mol. The van der Waals surface area contributed by atoms with Gasteiger partial charge >= 0.3 is 0 Å². The van der Waals surface area contributed by atoms with Crippen LogP contribution < -0.4 is 4.74 Å². The maximum atomic E-state index is 14.0. The molecule has 0 N–H and O–H groups in total. The lowest BCUT2D eigenvalue weighted by atomic mass is 10.0. The third-order valence-corrected chi connectivity index (χ3v) is 3.41. The van der Waals surface area contributed by atoms with E-state index in [1.165, 1.54) is 0 Å². The van der Waals surface area contributed by atoms with Gasteiger partial charge in [-0.2, -0.15) is 0 Å². The van der Waals surface area contributed by atoms with Gasteiger partial charge in [-0.15, -0.1) is 0 Å². The lowest BCUT2D eigenvalue weighted by Gasteiger charge is -2.19. The van der Waals surface area contributed by atoms with E-state index in [0.717, 1.165) is 37.7 Å². The quantitative estimate of drug-likeness (QED) is 0.587. The zero-order valence-electron chi connectivity index (χ0n) is 12.7. The van der Waals surface area contributed by atoms with E-state index < -0.39 is 0 Å². The standard InChI is InChI=1S/C17H27FO/c1-5-7-9-15(8-6-2)19-17-11-10-14(13(3)4)12-16(17)18/h10-13,15H,5-9H2,1-4H3. The fourth-order valence-electron chi connectivity index (χ4n) is 2.17. The fourth-order valence-corrected chi connectivity index (χ4v) is 2.17. The van der Waals surface area contributed by atoms with E-state index in [1.807, 2.05) is 6.07 Å². The van der Waals surface area contributed by atoms with Gasteiger partial charge in [0.15, 0.2) is 11.6 Å². The van der Waals surface area contributed by atoms with Gasteiger partial charge in [0.25, 0.3) is 0 Å². The van der Waals surface area contributed by atoms with E-state index in [2.05, 4.69) is 27.7 Å². The lowest BCUT2D eigenvalue weighted by Crippen LogP contribution is -2.17. The monoisotopic (exact) mass is 266 g/mol. The van der Waals surface area contributed by atoms with Crippen molar-refractivity contribution in [3.63, 3.8) is 0 Å². The summed E-state index contributed by atoms with van der Waals surface area (Å²) in [6.07, 6.45) is 5.50. The molecule has 108 valence electrons. The van der Waals surface area contributed by atoms with Crippen molar-refractivity contribution in [3.8, 4) is 5.75 Å². The molecule has 19 heavy (non-hydrogen) atoms. The highest BCUT2D eigenvalue weighted by atomic mass is 19.1. The smallest absolute Gasteiger partial charge is 0.165 e. The minimum atomic E-state index is -0.233. The summed E-state index contributed by atoms with van der Waals surface area (Å²) in [6, 6.07) is 5.34. The van der Waals surface area contributed by atoms with Gasteiger partial charge in [0.05, 0.1) is 6.10 Å². The highest BCUT2D eigenvalue weighted by molar-refractivity contribution is 5.31. The van der Waals surface area contributed by atoms with Crippen molar-refractivity contribution >= 4 is 0 Å². The number of rotatable bonds is 8. The third kappa shape index (κ3) is 5.22. The maximum absolute atomic E-state index is 14.0. The second-order valence-corrected chi connectivity index (χ2v) is 5.52. The van der Waals surface area contributed by atoms with Gasteiger partial charge in [-0.25, -0.2) is 4.39 Å². The van der Waals surface area contributed by atoms with Crippen molar-refractivity contribution < 1.29 is 9.13 Å². The van der Waals surface area contributed by atoms with Crippen LogP contribution in [-0.4, -0.2) is 6.10 Å². The van der Waals surface area contributed by atoms with E-state index in [9.17, 15) is 4.39 Å². The molecule has 0 aliphatic heterocycles. The summed E-state index contributed by atoms with van der Waals surface area (Å²) in [5, 5.41) is 0. The fraction of sp³-hybridized carbons (Fsp3) is 0.647.